The molecule has 1 atom stereocenters. The SMILES string of the molecule is C=C(C)[C@H]1COc2ccc(-c3ccc(C(F)(F)F)cc3)cc2C(=O)N1Cc1ncccn1. The van der Waals surface area contributed by atoms with E-state index in [1.165, 1.54) is 12.1 Å². The van der Waals surface area contributed by atoms with E-state index in [2.05, 4.69) is 16.5 Å². The van der Waals surface area contributed by atoms with E-state index in [0.29, 0.717) is 28.3 Å². The Hall–Kier alpha value is -3.68. The topological polar surface area (TPSA) is 55.3 Å². The van der Waals surface area contributed by atoms with E-state index in [4.69, 9.17) is 4.74 Å². The van der Waals surface area contributed by atoms with Gasteiger partial charge in [0, 0.05) is 12.4 Å². The molecule has 164 valence electrons. The van der Waals surface area contributed by atoms with Crippen molar-refractivity contribution in [2.75, 3.05) is 6.61 Å². The second-order valence-electron chi connectivity index (χ2n) is 7.56. The van der Waals surface area contributed by atoms with Crippen molar-refractivity contribution in [1.82, 2.24) is 14.9 Å². The smallest absolute Gasteiger partial charge is 0.416 e. The minimum atomic E-state index is -4.41. The molecule has 0 saturated heterocycles. The summed E-state index contributed by atoms with van der Waals surface area (Å²) in [6, 6.07) is 11.2. The van der Waals surface area contributed by atoms with Crippen molar-refractivity contribution in [2.45, 2.75) is 25.7 Å². The molecule has 8 heteroatoms. The number of nitrogens with zero attached hydrogens (tertiary/aromatic N) is 3. The summed E-state index contributed by atoms with van der Waals surface area (Å²) in [4.78, 5) is 23.6. The van der Waals surface area contributed by atoms with Gasteiger partial charge in [0.05, 0.1) is 23.7 Å². The molecule has 0 aliphatic carbocycles. The van der Waals surface area contributed by atoms with Crippen LogP contribution in [-0.4, -0.2) is 33.4 Å². The van der Waals surface area contributed by atoms with Crippen LogP contribution in [0, 0.1) is 0 Å². The number of hydrogen-bond acceptors (Lipinski definition) is 4. The van der Waals surface area contributed by atoms with Crippen LogP contribution in [0.15, 0.2) is 73.1 Å². The molecule has 1 aliphatic rings. The highest BCUT2D eigenvalue weighted by Gasteiger charge is 2.33. The van der Waals surface area contributed by atoms with Crippen LogP contribution >= 0.6 is 0 Å². The number of hydrogen-bond donors (Lipinski definition) is 0. The number of carbonyl (C=O) groups is 1. The molecule has 3 aromatic rings. The lowest BCUT2D eigenvalue weighted by atomic mass is 10.00. The molecule has 1 aliphatic heterocycles. The fraction of sp³-hybridized carbons (Fsp3) is 0.208. The minimum absolute atomic E-state index is 0.171. The van der Waals surface area contributed by atoms with Crippen LogP contribution in [0.4, 0.5) is 13.2 Å². The van der Waals surface area contributed by atoms with Gasteiger partial charge >= 0.3 is 6.18 Å². The Balaban J connectivity index is 1.70. The van der Waals surface area contributed by atoms with Crippen LogP contribution in [-0.2, 0) is 12.7 Å². The molecular formula is C24H20F3N3O2. The van der Waals surface area contributed by atoms with Crippen molar-refractivity contribution >= 4 is 5.91 Å². The lowest BCUT2D eigenvalue weighted by Crippen LogP contribution is -2.42. The number of fused-ring (bicyclic) bond motifs is 1. The standard InChI is InChI=1S/C24H20F3N3O2/c1-15(2)20-14-32-21-9-6-17(16-4-7-18(8-5-16)24(25,26)27)12-19(21)23(31)30(20)13-22-28-10-3-11-29-22/h3-12,20H,1,13-14H2,2H3/t20-/m1/s1. The zero-order valence-electron chi connectivity index (χ0n) is 17.3. The molecule has 4 rings (SSSR count). The van der Waals surface area contributed by atoms with Gasteiger partial charge in [0.1, 0.15) is 18.2 Å². The Labute approximate surface area is 183 Å². The monoisotopic (exact) mass is 439 g/mol. The quantitative estimate of drug-likeness (QED) is 0.528. The second-order valence-corrected chi connectivity index (χ2v) is 7.56. The molecule has 0 saturated carbocycles. The molecule has 1 aromatic heterocycles. The third-order valence-electron chi connectivity index (χ3n) is 5.29. The molecule has 0 fully saturated rings. The minimum Gasteiger partial charge on any atom is -0.490 e. The Bertz CT molecular complexity index is 1150. The summed E-state index contributed by atoms with van der Waals surface area (Å²) in [5, 5.41) is 0. The van der Waals surface area contributed by atoms with Crippen LogP contribution in [0.1, 0.15) is 28.7 Å². The van der Waals surface area contributed by atoms with E-state index in [1.807, 2.05) is 6.92 Å². The summed E-state index contributed by atoms with van der Waals surface area (Å²) in [6.45, 7) is 6.21. The average Bonchev–Trinajstić information content (AvgIpc) is 2.91. The number of carbonyl (C=O) groups excluding carboxylic acids is 1. The molecule has 0 bridgehead atoms. The molecule has 0 radical (unpaired) electrons. The van der Waals surface area contributed by atoms with Crippen molar-refractivity contribution in [1.29, 1.82) is 0 Å². The van der Waals surface area contributed by atoms with Gasteiger partial charge in [0.15, 0.2) is 0 Å². The van der Waals surface area contributed by atoms with Crippen molar-refractivity contribution in [3.05, 3.63) is 90.0 Å². The molecule has 0 spiro atoms. The van der Waals surface area contributed by atoms with Gasteiger partial charge in [-0.3, -0.25) is 4.79 Å². The predicted molar refractivity (Wildman–Crippen MR) is 113 cm³/mol. The lowest BCUT2D eigenvalue weighted by molar-refractivity contribution is -0.137. The molecule has 2 aromatic carbocycles. The maximum atomic E-state index is 13.5. The molecular weight excluding hydrogens is 419 g/mol. The summed E-state index contributed by atoms with van der Waals surface area (Å²) in [6.07, 6.45) is -1.20. The first-order chi connectivity index (χ1) is 15.2. The third-order valence-corrected chi connectivity index (χ3v) is 5.29. The van der Waals surface area contributed by atoms with Gasteiger partial charge in [-0.15, -0.1) is 0 Å². The first kappa shape index (κ1) is 21.5. The lowest BCUT2D eigenvalue weighted by Gasteiger charge is -2.29. The zero-order valence-corrected chi connectivity index (χ0v) is 17.3. The third kappa shape index (κ3) is 4.34. The summed E-state index contributed by atoms with van der Waals surface area (Å²) in [5.74, 6) is 0.606. The maximum absolute atomic E-state index is 13.5. The van der Waals surface area contributed by atoms with Crippen LogP contribution in [0.5, 0.6) is 5.75 Å². The van der Waals surface area contributed by atoms with Gasteiger partial charge in [0.2, 0.25) is 0 Å². The zero-order chi connectivity index (χ0) is 22.9. The highest BCUT2D eigenvalue weighted by molar-refractivity contribution is 5.99. The van der Waals surface area contributed by atoms with Crippen molar-refractivity contribution in [3.8, 4) is 16.9 Å². The van der Waals surface area contributed by atoms with Gasteiger partial charge in [-0.1, -0.05) is 30.4 Å². The second kappa shape index (κ2) is 8.45. The predicted octanol–water partition coefficient (Wildman–Crippen LogP) is 5.14. The number of benzene rings is 2. The molecule has 1 amide bonds. The van der Waals surface area contributed by atoms with Gasteiger partial charge in [-0.05, 0) is 48.4 Å². The average molecular weight is 439 g/mol. The molecule has 0 unspecified atom stereocenters. The molecule has 32 heavy (non-hydrogen) atoms. The van der Waals surface area contributed by atoms with Gasteiger partial charge in [0.25, 0.3) is 5.91 Å². The summed E-state index contributed by atoms with van der Waals surface area (Å²) in [5.41, 5.74) is 1.52. The molecule has 2 heterocycles. The van der Waals surface area contributed by atoms with Crippen molar-refractivity contribution < 1.29 is 22.7 Å². The Morgan fingerprint density at radius 3 is 2.41 bits per heavy atom. The fourth-order valence-corrected chi connectivity index (χ4v) is 3.56. The van der Waals surface area contributed by atoms with Crippen LogP contribution in [0.25, 0.3) is 11.1 Å². The molecule has 5 nitrogen and oxygen atoms in total. The van der Waals surface area contributed by atoms with E-state index in [9.17, 15) is 18.0 Å². The number of halogens is 3. The Morgan fingerprint density at radius 1 is 1.12 bits per heavy atom. The first-order valence-electron chi connectivity index (χ1n) is 9.91. The van der Waals surface area contributed by atoms with E-state index >= 15 is 0 Å². The van der Waals surface area contributed by atoms with Gasteiger partial charge < -0.3 is 9.64 Å². The molecule has 0 N–H and O–H groups in total. The largest absolute Gasteiger partial charge is 0.490 e. The van der Waals surface area contributed by atoms with Crippen molar-refractivity contribution in [3.63, 3.8) is 0 Å². The number of rotatable bonds is 4. The maximum Gasteiger partial charge on any atom is 0.416 e. The van der Waals surface area contributed by atoms with Crippen molar-refractivity contribution in [2.24, 2.45) is 0 Å². The van der Waals surface area contributed by atoms with E-state index in [1.54, 1.807) is 41.6 Å². The highest BCUT2D eigenvalue weighted by atomic mass is 19.4. The number of alkyl halides is 3. The Morgan fingerprint density at radius 2 is 1.78 bits per heavy atom. The number of ether oxygens (including phenoxy) is 1. The number of aromatic nitrogens is 2. The normalized spacial score (nSPS) is 16.2. The highest BCUT2D eigenvalue weighted by Crippen LogP contribution is 2.34. The summed E-state index contributed by atoms with van der Waals surface area (Å²) < 4.78 is 44.6. The number of amides is 1. The first-order valence-corrected chi connectivity index (χ1v) is 9.91. The summed E-state index contributed by atoms with van der Waals surface area (Å²) in [7, 11) is 0. The van der Waals surface area contributed by atoms with E-state index in [-0.39, 0.29) is 25.1 Å². The summed E-state index contributed by atoms with van der Waals surface area (Å²) >= 11 is 0. The van der Waals surface area contributed by atoms with E-state index in [0.717, 1.165) is 17.7 Å². The van der Waals surface area contributed by atoms with Crippen LogP contribution in [0.3, 0.4) is 0 Å². The van der Waals surface area contributed by atoms with Crippen LogP contribution < -0.4 is 4.74 Å². The van der Waals surface area contributed by atoms with Gasteiger partial charge in [-0.25, -0.2) is 9.97 Å². The van der Waals surface area contributed by atoms with E-state index < -0.39 is 11.7 Å². The van der Waals surface area contributed by atoms with Crippen LogP contribution in [0.2, 0.25) is 0 Å². The fourth-order valence-electron chi connectivity index (χ4n) is 3.56. The Kier molecular flexibility index (Phi) is 5.69. The van der Waals surface area contributed by atoms with Gasteiger partial charge in [-0.2, -0.15) is 13.2 Å².